The van der Waals surface area contributed by atoms with Crippen LogP contribution < -0.4 is 10.1 Å². The number of rotatable bonds is 5. The van der Waals surface area contributed by atoms with Crippen molar-refractivity contribution in [1.82, 2.24) is 5.32 Å². The molecule has 0 saturated carbocycles. The molecule has 0 heterocycles. The maximum atomic E-state index is 12.5. The summed E-state index contributed by atoms with van der Waals surface area (Å²) in [5, 5.41) is 2.48. The van der Waals surface area contributed by atoms with Crippen LogP contribution in [-0.4, -0.2) is 13.0 Å². The summed E-state index contributed by atoms with van der Waals surface area (Å²) in [6, 6.07) is 11.9. The molecule has 0 aliphatic carbocycles. The first kappa shape index (κ1) is 17.6. The van der Waals surface area contributed by atoms with Gasteiger partial charge in [0.2, 0.25) is 5.91 Å². The molecule has 0 aromatic heterocycles. The summed E-state index contributed by atoms with van der Waals surface area (Å²) in [7, 11) is 1.55. The van der Waals surface area contributed by atoms with Gasteiger partial charge < -0.3 is 10.1 Å². The van der Waals surface area contributed by atoms with Gasteiger partial charge in [0.25, 0.3) is 0 Å². The molecule has 24 heavy (non-hydrogen) atoms. The SMILES string of the molecule is CNC(=O)/C=C/c1ccc(OCc2ccc(C(F)(F)F)cc2)cc1. The van der Waals surface area contributed by atoms with E-state index in [9.17, 15) is 18.0 Å². The van der Waals surface area contributed by atoms with Gasteiger partial charge in [-0.05, 0) is 41.5 Å². The smallest absolute Gasteiger partial charge is 0.416 e. The molecule has 0 saturated heterocycles. The number of nitrogens with one attached hydrogen (secondary N) is 1. The highest BCUT2D eigenvalue weighted by atomic mass is 19.4. The molecule has 0 radical (unpaired) electrons. The quantitative estimate of drug-likeness (QED) is 0.838. The summed E-state index contributed by atoms with van der Waals surface area (Å²) < 4.78 is 43.0. The Morgan fingerprint density at radius 2 is 1.71 bits per heavy atom. The van der Waals surface area contributed by atoms with Crippen LogP contribution in [0.4, 0.5) is 13.2 Å². The molecule has 0 spiro atoms. The summed E-state index contributed by atoms with van der Waals surface area (Å²) in [5.41, 5.74) is 0.797. The molecular weight excluding hydrogens is 319 g/mol. The summed E-state index contributed by atoms with van der Waals surface area (Å²) in [4.78, 5) is 11.1. The molecule has 2 aromatic carbocycles. The van der Waals surface area contributed by atoms with Gasteiger partial charge in [-0.15, -0.1) is 0 Å². The number of likely N-dealkylation sites (N-methyl/N-ethyl adjacent to an activating group) is 1. The lowest BCUT2D eigenvalue weighted by molar-refractivity contribution is -0.137. The summed E-state index contributed by atoms with van der Waals surface area (Å²) in [6.45, 7) is 0.172. The summed E-state index contributed by atoms with van der Waals surface area (Å²) in [5.74, 6) is 0.393. The average Bonchev–Trinajstić information content (AvgIpc) is 2.58. The lowest BCUT2D eigenvalue weighted by Gasteiger charge is -2.09. The van der Waals surface area contributed by atoms with Gasteiger partial charge in [0.15, 0.2) is 0 Å². The summed E-state index contributed by atoms with van der Waals surface area (Å²) >= 11 is 0. The number of alkyl halides is 3. The van der Waals surface area contributed by atoms with Crippen molar-refractivity contribution in [3.8, 4) is 5.75 Å². The van der Waals surface area contributed by atoms with Crippen LogP contribution in [0.5, 0.6) is 5.75 Å². The van der Waals surface area contributed by atoms with Crippen LogP contribution in [0, 0.1) is 0 Å². The van der Waals surface area contributed by atoms with Gasteiger partial charge >= 0.3 is 6.18 Å². The maximum absolute atomic E-state index is 12.5. The predicted molar refractivity (Wildman–Crippen MR) is 85.3 cm³/mol. The summed E-state index contributed by atoms with van der Waals surface area (Å²) in [6.07, 6.45) is -1.26. The number of hydrogen-bond donors (Lipinski definition) is 1. The van der Waals surface area contributed by atoms with Crippen molar-refractivity contribution in [3.05, 3.63) is 71.3 Å². The lowest BCUT2D eigenvalue weighted by atomic mass is 10.1. The Labute approximate surface area is 137 Å². The number of benzene rings is 2. The molecule has 0 bridgehead atoms. The predicted octanol–water partition coefficient (Wildman–Crippen LogP) is 4.04. The fourth-order valence-electron chi connectivity index (χ4n) is 1.89. The Morgan fingerprint density at radius 1 is 1.08 bits per heavy atom. The van der Waals surface area contributed by atoms with Gasteiger partial charge in [-0.3, -0.25) is 4.79 Å². The molecule has 6 heteroatoms. The maximum Gasteiger partial charge on any atom is 0.416 e. The van der Waals surface area contributed by atoms with Crippen molar-refractivity contribution >= 4 is 12.0 Å². The first-order valence-electron chi connectivity index (χ1n) is 7.17. The first-order chi connectivity index (χ1) is 11.4. The minimum absolute atomic E-state index is 0.172. The van der Waals surface area contributed by atoms with E-state index in [0.29, 0.717) is 11.3 Å². The van der Waals surface area contributed by atoms with Crippen LogP contribution in [0.1, 0.15) is 16.7 Å². The third-order valence-corrected chi connectivity index (χ3v) is 3.24. The van der Waals surface area contributed by atoms with Crippen LogP contribution in [0.25, 0.3) is 6.08 Å². The Kier molecular flexibility index (Phi) is 5.63. The van der Waals surface area contributed by atoms with Crippen LogP contribution in [0.15, 0.2) is 54.6 Å². The van der Waals surface area contributed by atoms with Gasteiger partial charge in [-0.2, -0.15) is 13.2 Å². The van der Waals surface area contributed by atoms with Gasteiger partial charge in [0.05, 0.1) is 5.56 Å². The second-order valence-corrected chi connectivity index (χ2v) is 5.00. The van der Waals surface area contributed by atoms with E-state index in [4.69, 9.17) is 4.74 Å². The highest BCUT2D eigenvalue weighted by Crippen LogP contribution is 2.29. The Hall–Kier alpha value is -2.76. The minimum atomic E-state index is -4.34. The zero-order valence-electron chi connectivity index (χ0n) is 12.9. The van der Waals surface area contributed by atoms with Crippen LogP contribution in [0.2, 0.25) is 0 Å². The average molecular weight is 335 g/mol. The van der Waals surface area contributed by atoms with Gasteiger partial charge in [-0.25, -0.2) is 0 Å². The van der Waals surface area contributed by atoms with E-state index in [0.717, 1.165) is 17.7 Å². The van der Waals surface area contributed by atoms with Crippen molar-refractivity contribution in [2.45, 2.75) is 12.8 Å². The molecule has 0 atom stereocenters. The molecule has 0 aliphatic heterocycles. The standard InChI is InChI=1S/C18H16F3NO2/c1-22-17(23)11-6-13-4-9-16(10-5-13)24-12-14-2-7-15(8-3-14)18(19,20)21/h2-11H,12H2,1H3,(H,22,23)/b11-6+. The van der Waals surface area contributed by atoms with E-state index in [-0.39, 0.29) is 12.5 Å². The first-order valence-corrected chi connectivity index (χ1v) is 7.17. The van der Waals surface area contributed by atoms with E-state index in [2.05, 4.69) is 5.32 Å². The zero-order chi connectivity index (χ0) is 17.6. The van der Waals surface area contributed by atoms with Crippen LogP contribution in [-0.2, 0) is 17.6 Å². The molecule has 2 aromatic rings. The number of amides is 1. The van der Waals surface area contributed by atoms with Crippen LogP contribution >= 0.6 is 0 Å². The highest BCUT2D eigenvalue weighted by Gasteiger charge is 2.29. The zero-order valence-corrected chi connectivity index (χ0v) is 12.9. The van der Waals surface area contributed by atoms with Gasteiger partial charge in [-0.1, -0.05) is 24.3 Å². The minimum Gasteiger partial charge on any atom is -0.489 e. The van der Waals surface area contributed by atoms with E-state index in [1.54, 1.807) is 37.4 Å². The number of carbonyl (C=O) groups is 1. The number of hydrogen-bond acceptors (Lipinski definition) is 2. The largest absolute Gasteiger partial charge is 0.489 e. The normalized spacial score (nSPS) is 11.5. The van der Waals surface area contributed by atoms with E-state index >= 15 is 0 Å². The monoisotopic (exact) mass is 335 g/mol. The second-order valence-electron chi connectivity index (χ2n) is 5.00. The Balaban J connectivity index is 1.92. The van der Waals surface area contributed by atoms with E-state index in [1.165, 1.54) is 18.2 Å². The third-order valence-electron chi connectivity index (χ3n) is 3.24. The van der Waals surface area contributed by atoms with Crippen molar-refractivity contribution in [1.29, 1.82) is 0 Å². The van der Waals surface area contributed by atoms with Crippen molar-refractivity contribution in [2.24, 2.45) is 0 Å². The lowest BCUT2D eigenvalue weighted by Crippen LogP contribution is -2.13. The fourth-order valence-corrected chi connectivity index (χ4v) is 1.89. The molecule has 3 nitrogen and oxygen atoms in total. The highest BCUT2D eigenvalue weighted by molar-refractivity contribution is 5.91. The molecule has 126 valence electrons. The molecule has 1 amide bonds. The van der Waals surface area contributed by atoms with E-state index < -0.39 is 11.7 Å². The van der Waals surface area contributed by atoms with E-state index in [1.807, 2.05) is 0 Å². The Bertz CT molecular complexity index is 705. The molecule has 1 N–H and O–H groups in total. The van der Waals surface area contributed by atoms with Crippen molar-refractivity contribution < 1.29 is 22.7 Å². The second kappa shape index (κ2) is 7.68. The number of carbonyl (C=O) groups excluding carboxylic acids is 1. The van der Waals surface area contributed by atoms with Crippen LogP contribution in [0.3, 0.4) is 0 Å². The topological polar surface area (TPSA) is 38.3 Å². The van der Waals surface area contributed by atoms with Gasteiger partial charge in [0.1, 0.15) is 12.4 Å². The molecule has 0 fully saturated rings. The molecule has 2 rings (SSSR count). The van der Waals surface area contributed by atoms with Crippen molar-refractivity contribution in [2.75, 3.05) is 7.05 Å². The van der Waals surface area contributed by atoms with Gasteiger partial charge in [0, 0.05) is 13.1 Å². The number of ether oxygens (including phenoxy) is 1. The Morgan fingerprint density at radius 3 is 2.25 bits per heavy atom. The number of halogens is 3. The fraction of sp³-hybridized carbons (Fsp3) is 0.167. The molecular formula is C18H16F3NO2. The van der Waals surface area contributed by atoms with Crippen molar-refractivity contribution in [3.63, 3.8) is 0 Å². The third kappa shape index (κ3) is 5.15. The molecule has 0 aliphatic rings. The molecule has 0 unspecified atom stereocenters.